The van der Waals surface area contributed by atoms with Gasteiger partial charge in [-0.25, -0.2) is 9.18 Å². The molecule has 8 nitrogen and oxygen atoms in total. The van der Waals surface area contributed by atoms with Crippen LogP contribution in [0.25, 0.3) is 28.7 Å². The van der Waals surface area contributed by atoms with Crippen LogP contribution in [0.1, 0.15) is 65.6 Å². The van der Waals surface area contributed by atoms with Gasteiger partial charge in [0.25, 0.3) is 0 Å². The lowest BCUT2D eigenvalue weighted by Crippen LogP contribution is -1.98. The molecule has 37 heavy (non-hydrogen) atoms. The summed E-state index contributed by atoms with van der Waals surface area (Å²) in [6, 6.07) is 3.43. The summed E-state index contributed by atoms with van der Waals surface area (Å²) in [5.41, 5.74) is 2.17. The highest BCUT2D eigenvalue weighted by Gasteiger charge is 2.32. The molecule has 0 spiro atoms. The van der Waals surface area contributed by atoms with Crippen LogP contribution in [0.2, 0.25) is 10.0 Å². The number of benzene rings is 1. The van der Waals surface area contributed by atoms with Crippen LogP contribution in [0.15, 0.2) is 45.7 Å². The van der Waals surface area contributed by atoms with Gasteiger partial charge in [-0.3, -0.25) is 4.98 Å². The maximum absolute atomic E-state index is 13.8. The lowest BCUT2D eigenvalue weighted by molar-refractivity contribution is 0.0696. The second-order valence-electron chi connectivity index (χ2n) is 8.76. The summed E-state index contributed by atoms with van der Waals surface area (Å²) < 4.78 is 24.7. The molecule has 1 aromatic carbocycles. The number of pyridine rings is 1. The number of aromatic nitrogens is 4. The highest BCUT2D eigenvalue weighted by atomic mass is 35.5. The summed E-state index contributed by atoms with van der Waals surface area (Å²) in [5, 5.41) is 18.1. The maximum atomic E-state index is 13.8. The van der Waals surface area contributed by atoms with Gasteiger partial charge in [-0.15, -0.1) is 0 Å². The molecule has 0 saturated heterocycles. The van der Waals surface area contributed by atoms with Crippen LogP contribution in [-0.2, 0) is 6.42 Å². The topological polar surface area (TPSA) is 115 Å². The van der Waals surface area contributed by atoms with Crippen molar-refractivity contribution in [2.45, 2.75) is 44.4 Å². The normalized spacial score (nSPS) is 13.5. The Kier molecular flexibility index (Phi) is 7.34. The predicted octanol–water partition coefficient (Wildman–Crippen LogP) is 7.23. The van der Waals surface area contributed by atoms with Crippen LogP contribution in [-0.4, -0.2) is 31.4 Å². The third kappa shape index (κ3) is 5.73. The fourth-order valence-electron chi connectivity index (χ4n) is 3.98. The summed E-state index contributed by atoms with van der Waals surface area (Å²) in [6.45, 7) is 0. The minimum Gasteiger partial charge on any atom is -0.478 e. The van der Waals surface area contributed by atoms with Crippen molar-refractivity contribution in [3.8, 4) is 22.6 Å². The van der Waals surface area contributed by atoms with Crippen molar-refractivity contribution >= 4 is 35.2 Å². The second kappa shape index (κ2) is 10.8. The Bertz CT molecular complexity index is 1460. The number of carboxylic acids is 1. The lowest BCUT2D eigenvalue weighted by Gasteiger charge is -2.04. The number of carboxylic acid groups (broad SMARTS) is 1. The lowest BCUT2D eigenvalue weighted by atomic mass is 10.0. The molecule has 0 bridgehead atoms. The van der Waals surface area contributed by atoms with Gasteiger partial charge >= 0.3 is 5.97 Å². The Morgan fingerprint density at radius 2 is 1.89 bits per heavy atom. The van der Waals surface area contributed by atoms with Crippen molar-refractivity contribution in [1.82, 2.24) is 20.3 Å². The van der Waals surface area contributed by atoms with Gasteiger partial charge in [0.1, 0.15) is 17.3 Å². The molecule has 1 N–H and O–H groups in total. The van der Waals surface area contributed by atoms with Crippen LogP contribution >= 0.6 is 23.2 Å². The Labute approximate surface area is 221 Å². The summed E-state index contributed by atoms with van der Waals surface area (Å²) in [4.78, 5) is 19.4. The van der Waals surface area contributed by atoms with E-state index in [2.05, 4.69) is 26.4 Å². The number of hydrogen-bond acceptors (Lipinski definition) is 7. The van der Waals surface area contributed by atoms with Gasteiger partial charge in [-0.2, -0.15) is 4.98 Å². The SMILES string of the molecule is O=C(O)c1cc(F)cc(-c2noc(CCCC/C=C/c3c(-c4c(Cl)cncc4Cl)noc3C3CC3)n2)c1. The Morgan fingerprint density at radius 1 is 1.11 bits per heavy atom. The van der Waals surface area contributed by atoms with Gasteiger partial charge in [0.15, 0.2) is 0 Å². The van der Waals surface area contributed by atoms with Crippen molar-refractivity contribution < 1.29 is 23.3 Å². The van der Waals surface area contributed by atoms with Gasteiger partial charge in [0.2, 0.25) is 11.7 Å². The molecular weight excluding hydrogens is 522 g/mol. The predicted molar refractivity (Wildman–Crippen MR) is 135 cm³/mol. The van der Waals surface area contributed by atoms with Crippen LogP contribution in [0.3, 0.4) is 0 Å². The van der Waals surface area contributed by atoms with Crippen molar-refractivity contribution in [3.05, 3.63) is 75.3 Å². The van der Waals surface area contributed by atoms with Gasteiger partial charge < -0.3 is 14.2 Å². The quantitative estimate of drug-likeness (QED) is 0.208. The van der Waals surface area contributed by atoms with E-state index < -0.39 is 11.8 Å². The molecule has 3 heterocycles. The van der Waals surface area contributed by atoms with E-state index in [0.29, 0.717) is 39.5 Å². The van der Waals surface area contributed by atoms with Crippen LogP contribution in [0.5, 0.6) is 0 Å². The zero-order chi connectivity index (χ0) is 25.9. The number of nitrogens with zero attached hydrogens (tertiary/aromatic N) is 4. The van der Waals surface area contributed by atoms with E-state index in [4.69, 9.17) is 37.4 Å². The molecule has 3 aromatic heterocycles. The van der Waals surface area contributed by atoms with Gasteiger partial charge in [-0.05, 0) is 50.3 Å². The van der Waals surface area contributed by atoms with Crippen molar-refractivity contribution in [3.63, 3.8) is 0 Å². The summed E-state index contributed by atoms with van der Waals surface area (Å²) >= 11 is 12.7. The number of unbranched alkanes of at least 4 members (excludes halogenated alkanes) is 2. The highest BCUT2D eigenvalue weighted by molar-refractivity contribution is 6.39. The Morgan fingerprint density at radius 3 is 2.62 bits per heavy atom. The minimum atomic E-state index is -1.23. The zero-order valence-corrected chi connectivity index (χ0v) is 21.0. The van der Waals surface area contributed by atoms with Crippen molar-refractivity contribution in [2.75, 3.05) is 0 Å². The standard InChI is InChI=1S/C26H21Cl2FN4O4/c27-19-12-30-13-20(28)22(19)23-18(24(37-32-23)14-7-8-14)5-3-1-2-4-6-21-31-25(33-36-21)15-9-16(26(34)35)11-17(29)10-15/h3,5,9-14H,1-2,4,6-8H2,(H,34,35)/b5-3+. The molecule has 5 rings (SSSR count). The van der Waals surface area contributed by atoms with E-state index >= 15 is 0 Å². The molecule has 0 amide bonds. The van der Waals surface area contributed by atoms with Crippen LogP contribution < -0.4 is 0 Å². The third-order valence-electron chi connectivity index (χ3n) is 5.96. The van der Waals surface area contributed by atoms with E-state index in [0.717, 1.165) is 49.5 Å². The molecule has 1 aliphatic rings. The summed E-state index contributed by atoms with van der Waals surface area (Å²) in [5.74, 6) is -0.152. The molecule has 1 aliphatic carbocycles. The number of rotatable bonds is 10. The third-order valence-corrected chi connectivity index (χ3v) is 6.53. The Hall–Kier alpha value is -3.56. The van der Waals surface area contributed by atoms with Crippen LogP contribution in [0, 0.1) is 5.82 Å². The molecule has 1 saturated carbocycles. The minimum absolute atomic E-state index is 0.151. The van der Waals surface area contributed by atoms with Crippen molar-refractivity contribution in [1.29, 1.82) is 0 Å². The smallest absolute Gasteiger partial charge is 0.335 e. The average Bonchev–Trinajstić information content (AvgIpc) is 3.45. The van der Waals surface area contributed by atoms with E-state index in [1.807, 2.05) is 6.08 Å². The van der Waals surface area contributed by atoms with Gasteiger partial charge in [0.05, 0.1) is 15.6 Å². The number of allylic oxidation sites excluding steroid dienone is 1. The number of aryl methyl sites for hydroxylation is 1. The second-order valence-corrected chi connectivity index (χ2v) is 9.57. The van der Waals surface area contributed by atoms with Gasteiger partial charge in [-0.1, -0.05) is 45.7 Å². The largest absolute Gasteiger partial charge is 0.478 e. The number of hydrogen-bond donors (Lipinski definition) is 1. The van der Waals surface area contributed by atoms with E-state index in [1.165, 1.54) is 24.5 Å². The zero-order valence-electron chi connectivity index (χ0n) is 19.5. The van der Waals surface area contributed by atoms with Crippen molar-refractivity contribution in [2.24, 2.45) is 0 Å². The van der Waals surface area contributed by atoms with E-state index in [1.54, 1.807) is 0 Å². The molecule has 190 valence electrons. The van der Waals surface area contributed by atoms with Gasteiger partial charge in [0, 0.05) is 41.4 Å². The van der Waals surface area contributed by atoms with Crippen LogP contribution in [0.4, 0.5) is 4.39 Å². The molecule has 0 unspecified atom stereocenters. The molecule has 0 aliphatic heterocycles. The first-order valence-corrected chi connectivity index (χ1v) is 12.5. The van der Waals surface area contributed by atoms with E-state index in [9.17, 15) is 9.18 Å². The maximum Gasteiger partial charge on any atom is 0.335 e. The van der Waals surface area contributed by atoms with E-state index in [-0.39, 0.29) is 17.0 Å². The first-order chi connectivity index (χ1) is 17.9. The fourth-order valence-corrected chi connectivity index (χ4v) is 4.53. The number of aromatic carboxylic acids is 1. The number of halogens is 3. The molecule has 1 fully saturated rings. The highest BCUT2D eigenvalue weighted by Crippen LogP contribution is 2.46. The first kappa shape index (κ1) is 25.1. The molecular formula is C26H21Cl2FN4O4. The first-order valence-electron chi connectivity index (χ1n) is 11.7. The monoisotopic (exact) mass is 542 g/mol. The molecule has 0 radical (unpaired) electrons. The summed E-state index contributed by atoms with van der Waals surface area (Å²) in [7, 11) is 0. The molecule has 0 atom stereocenters. The number of carbonyl (C=O) groups is 1. The average molecular weight is 543 g/mol. The summed E-state index contributed by atoms with van der Waals surface area (Å²) in [6.07, 6.45) is 12.2. The molecule has 11 heteroatoms. The fraction of sp³-hybridized carbons (Fsp3) is 0.269. The molecule has 4 aromatic rings. The Balaban J connectivity index is 1.21.